The summed E-state index contributed by atoms with van der Waals surface area (Å²) in [5.41, 5.74) is 7.18. The van der Waals surface area contributed by atoms with Crippen molar-refractivity contribution in [1.29, 1.82) is 0 Å². The van der Waals surface area contributed by atoms with Crippen LogP contribution >= 0.6 is 0 Å². The Kier molecular flexibility index (Phi) is 4.31. The van der Waals surface area contributed by atoms with E-state index in [4.69, 9.17) is 5.73 Å². The summed E-state index contributed by atoms with van der Waals surface area (Å²) >= 11 is 0. The van der Waals surface area contributed by atoms with Gasteiger partial charge in [-0.3, -0.25) is 9.88 Å². The van der Waals surface area contributed by atoms with Gasteiger partial charge in [-0.1, -0.05) is 12.5 Å². The fraction of sp³-hybridized carbons (Fsp3) is 0.615. The van der Waals surface area contributed by atoms with Gasteiger partial charge in [0.25, 0.3) is 0 Å². The van der Waals surface area contributed by atoms with Crippen LogP contribution in [0.25, 0.3) is 0 Å². The molecule has 3 heteroatoms. The Labute approximate surface area is 97.7 Å². The molecule has 1 aliphatic heterocycles. The lowest BCUT2D eigenvalue weighted by Crippen LogP contribution is -2.44. The van der Waals surface area contributed by atoms with Crippen molar-refractivity contribution in [3.8, 4) is 0 Å². The van der Waals surface area contributed by atoms with Gasteiger partial charge < -0.3 is 5.73 Å². The van der Waals surface area contributed by atoms with E-state index in [1.807, 2.05) is 18.5 Å². The molecule has 2 N–H and O–H groups in total. The van der Waals surface area contributed by atoms with Crippen LogP contribution in [0.2, 0.25) is 0 Å². The number of hydrogen-bond acceptors (Lipinski definition) is 3. The molecule has 0 aromatic carbocycles. The highest BCUT2D eigenvalue weighted by atomic mass is 15.2. The van der Waals surface area contributed by atoms with E-state index in [0.717, 1.165) is 13.0 Å². The monoisotopic (exact) mass is 219 g/mol. The van der Waals surface area contributed by atoms with Crippen molar-refractivity contribution in [2.75, 3.05) is 19.6 Å². The minimum Gasteiger partial charge on any atom is -0.329 e. The first-order valence-corrected chi connectivity index (χ1v) is 6.23. The summed E-state index contributed by atoms with van der Waals surface area (Å²) in [6, 6.07) is 4.63. The summed E-state index contributed by atoms with van der Waals surface area (Å²) < 4.78 is 0. The largest absolute Gasteiger partial charge is 0.329 e. The molecule has 0 spiro atoms. The number of nitrogens with two attached hydrogens (primary N) is 1. The zero-order valence-corrected chi connectivity index (χ0v) is 9.81. The van der Waals surface area contributed by atoms with Crippen molar-refractivity contribution in [1.82, 2.24) is 9.88 Å². The molecule has 1 aromatic heterocycles. The average Bonchev–Trinajstić information content (AvgIpc) is 2.38. The average molecular weight is 219 g/mol. The molecular formula is C13H21N3. The third-order valence-corrected chi connectivity index (χ3v) is 3.37. The molecule has 0 amide bonds. The molecule has 3 nitrogen and oxygen atoms in total. The second kappa shape index (κ2) is 5.97. The standard InChI is InChI=1S/C13H21N3/c14-10-13(16-7-2-1-3-8-16)9-12-5-4-6-15-11-12/h4-6,11,13H,1-3,7-10,14H2. The fourth-order valence-electron chi connectivity index (χ4n) is 2.44. The summed E-state index contributed by atoms with van der Waals surface area (Å²) in [5, 5.41) is 0. The maximum atomic E-state index is 5.89. The highest BCUT2D eigenvalue weighted by molar-refractivity contribution is 5.10. The smallest absolute Gasteiger partial charge is 0.0300 e. The van der Waals surface area contributed by atoms with Crippen LogP contribution in [0.15, 0.2) is 24.5 Å². The number of rotatable bonds is 4. The highest BCUT2D eigenvalue weighted by Gasteiger charge is 2.19. The van der Waals surface area contributed by atoms with Crippen LogP contribution < -0.4 is 5.73 Å². The van der Waals surface area contributed by atoms with Gasteiger partial charge in [0.2, 0.25) is 0 Å². The number of piperidine rings is 1. The zero-order chi connectivity index (χ0) is 11.2. The molecule has 0 saturated carbocycles. The Balaban J connectivity index is 1.94. The molecule has 16 heavy (non-hydrogen) atoms. The molecule has 1 unspecified atom stereocenters. The Bertz CT molecular complexity index is 293. The Hall–Kier alpha value is -0.930. The molecule has 2 heterocycles. The molecule has 0 bridgehead atoms. The van der Waals surface area contributed by atoms with Crippen LogP contribution in [0.3, 0.4) is 0 Å². The Morgan fingerprint density at radius 3 is 2.75 bits per heavy atom. The first-order valence-electron chi connectivity index (χ1n) is 6.23. The summed E-state index contributed by atoms with van der Waals surface area (Å²) in [4.78, 5) is 6.70. The van der Waals surface area contributed by atoms with E-state index in [9.17, 15) is 0 Å². The second-order valence-corrected chi connectivity index (χ2v) is 4.55. The molecule has 0 radical (unpaired) electrons. The van der Waals surface area contributed by atoms with Gasteiger partial charge in [0, 0.05) is 25.0 Å². The number of nitrogens with zero attached hydrogens (tertiary/aromatic N) is 2. The first-order chi connectivity index (χ1) is 7.90. The van der Waals surface area contributed by atoms with E-state index in [1.165, 1.54) is 37.9 Å². The molecule has 2 rings (SSSR count). The van der Waals surface area contributed by atoms with Gasteiger partial charge in [-0.2, -0.15) is 0 Å². The second-order valence-electron chi connectivity index (χ2n) is 4.55. The van der Waals surface area contributed by atoms with Crippen LogP contribution in [0.1, 0.15) is 24.8 Å². The lowest BCUT2D eigenvalue weighted by molar-refractivity contribution is 0.166. The predicted molar refractivity (Wildman–Crippen MR) is 66.2 cm³/mol. The molecule has 88 valence electrons. The quantitative estimate of drug-likeness (QED) is 0.833. The lowest BCUT2D eigenvalue weighted by atomic mass is 10.0. The number of likely N-dealkylation sites (tertiary alicyclic amines) is 1. The van der Waals surface area contributed by atoms with Gasteiger partial charge in [-0.05, 0) is 44.0 Å². The van der Waals surface area contributed by atoms with Crippen molar-refractivity contribution in [3.05, 3.63) is 30.1 Å². The summed E-state index contributed by atoms with van der Waals surface area (Å²) in [6.07, 6.45) is 8.83. The van der Waals surface area contributed by atoms with Crippen molar-refractivity contribution in [3.63, 3.8) is 0 Å². The normalized spacial score (nSPS) is 19.6. The minimum atomic E-state index is 0.490. The van der Waals surface area contributed by atoms with E-state index in [-0.39, 0.29) is 0 Å². The Morgan fingerprint density at radius 1 is 1.31 bits per heavy atom. The third-order valence-electron chi connectivity index (χ3n) is 3.37. The molecule has 1 atom stereocenters. The summed E-state index contributed by atoms with van der Waals surface area (Å²) in [7, 11) is 0. The number of hydrogen-bond donors (Lipinski definition) is 1. The van der Waals surface area contributed by atoms with E-state index in [1.54, 1.807) is 0 Å². The van der Waals surface area contributed by atoms with Gasteiger partial charge in [-0.15, -0.1) is 0 Å². The minimum absolute atomic E-state index is 0.490. The van der Waals surface area contributed by atoms with E-state index in [0.29, 0.717) is 6.04 Å². The number of aromatic nitrogens is 1. The van der Waals surface area contributed by atoms with Crippen LogP contribution in [0.4, 0.5) is 0 Å². The maximum absolute atomic E-state index is 5.89. The molecule has 1 fully saturated rings. The van der Waals surface area contributed by atoms with Crippen molar-refractivity contribution >= 4 is 0 Å². The van der Waals surface area contributed by atoms with Crippen molar-refractivity contribution in [2.45, 2.75) is 31.7 Å². The van der Waals surface area contributed by atoms with E-state index >= 15 is 0 Å². The van der Waals surface area contributed by atoms with Crippen LogP contribution in [0, 0.1) is 0 Å². The van der Waals surface area contributed by atoms with Crippen LogP contribution in [-0.2, 0) is 6.42 Å². The molecular weight excluding hydrogens is 198 g/mol. The first kappa shape index (κ1) is 11.6. The molecule has 0 aliphatic carbocycles. The van der Waals surface area contributed by atoms with Gasteiger partial charge in [0.1, 0.15) is 0 Å². The zero-order valence-electron chi connectivity index (χ0n) is 9.81. The molecule has 1 saturated heterocycles. The number of pyridine rings is 1. The summed E-state index contributed by atoms with van der Waals surface area (Å²) in [5.74, 6) is 0. The maximum Gasteiger partial charge on any atom is 0.0300 e. The van der Waals surface area contributed by atoms with Gasteiger partial charge in [0.15, 0.2) is 0 Å². The van der Waals surface area contributed by atoms with Gasteiger partial charge >= 0.3 is 0 Å². The van der Waals surface area contributed by atoms with Crippen molar-refractivity contribution < 1.29 is 0 Å². The Morgan fingerprint density at radius 2 is 2.12 bits per heavy atom. The predicted octanol–water partition coefficient (Wildman–Crippen LogP) is 1.44. The topological polar surface area (TPSA) is 42.1 Å². The highest BCUT2D eigenvalue weighted by Crippen LogP contribution is 2.14. The fourth-order valence-corrected chi connectivity index (χ4v) is 2.44. The third kappa shape index (κ3) is 3.03. The van der Waals surface area contributed by atoms with E-state index in [2.05, 4.69) is 16.0 Å². The molecule has 1 aliphatic rings. The van der Waals surface area contributed by atoms with Crippen molar-refractivity contribution in [2.24, 2.45) is 5.73 Å². The van der Waals surface area contributed by atoms with Crippen LogP contribution in [0.5, 0.6) is 0 Å². The SMILES string of the molecule is NCC(Cc1cccnc1)N1CCCCC1. The summed E-state index contributed by atoms with van der Waals surface area (Å²) in [6.45, 7) is 3.17. The molecule has 1 aromatic rings. The lowest BCUT2D eigenvalue weighted by Gasteiger charge is -2.33. The van der Waals surface area contributed by atoms with Gasteiger partial charge in [0.05, 0.1) is 0 Å². The van der Waals surface area contributed by atoms with Crippen LogP contribution in [-0.4, -0.2) is 35.6 Å². The van der Waals surface area contributed by atoms with Gasteiger partial charge in [-0.25, -0.2) is 0 Å². The van der Waals surface area contributed by atoms with E-state index < -0.39 is 0 Å².